The van der Waals surface area contributed by atoms with E-state index in [-0.39, 0.29) is 18.3 Å². The average molecular weight is 249 g/mol. The van der Waals surface area contributed by atoms with Gasteiger partial charge in [0.15, 0.2) is 0 Å². The first-order valence-electron chi connectivity index (χ1n) is 6.17. The minimum Gasteiger partial charge on any atom is -0.355 e. The molecule has 1 aliphatic carbocycles. The van der Waals surface area contributed by atoms with Gasteiger partial charge in [0.25, 0.3) is 0 Å². The van der Waals surface area contributed by atoms with Crippen LogP contribution in [0.5, 0.6) is 0 Å². The Hall–Kier alpha value is -0.280. The Labute approximate surface area is 105 Å². The van der Waals surface area contributed by atoms with Gasteiger partial charge in [-0.15, -0.1) is 12.4 Å². The van der Waals surface area contributed by atoms with E-state index in [0.29, 0.717) is 12.5 Å². The molecule has 96 valence electrons. The molecule has 0 unspecified atom stereocenters. The molecule has 0 bridgehead atoms. The molecule has 0 aromatic carbocycles. The lowest BCUT2D eigenvalue weighted by Crippen LogP contribution is -2.36. The molecule has 0 radical (unpaired) electrons. The minimum atomic E-state index is 0. The number of rotatable bonds is 5. The predicted octanol–water partition coefficient (Wildman–Crippen LogP) is 1.96. The first kappa shape index (κ1) is 15.7. The summed E-state index contributed by atoms with van der Waals surface area (Å²) in [5.74, 6) is 1.78. The summed E-state index contributed by atoms with van der Waals surface area (Å²) >= 11 is 0. The second-order valence-corrected chi connectivity index (χ2v) is 4.63. The van der Waals surface area contributed by atoms with E-state index in [9.17, 15) is 4.79 Å². The van der Waals surface area contributed by atoms with Crippen molar-refractivity contribution in [2.45, 2.75) is 39.0 Å². The van der Waals surface area contributed by atoms with Gasteiger partial charge in [0.1, 0.15) is 0 Å². The highest BCUT2D eigenvalue weighted by atomic mass is 35.5. The zero-order chi connectivity index (χ0) is 11.1. The Balaban J connectivity index is 0.00000225. The van der Waals surface area contributed by atoms with Gasteiger partial charge < -0.3 is 10.6 Å². The molecular weight excluding hydrogens is 224 g/mol. The van der Waals surface area contributed by atoms with Crippen LogP contribution in [0.15, 0.2) is 0 Å². The maximum absolute atomic E-state index is 11.2. The van der Waals surface area contributed by atoms with Crippen LogP contribution in [0.2, 0.25) is 0 Å². The Kier molecular flexibility index (Phi) is 8.67. The standard InChI is InChI=1S/C12H24N2O.ClH/c1-3-10-4-6-11(7-5-10)8-14-12(15)9-13-2;/h10-11,13H,3-9H2,1-2H3,(H,14,15);1H. The van der Waals surface area contributed by atoms with Gasteiger partial charge in [0, 0.05) is 6.54 Å². The lowest BCUT2D eigenvalue weighted by Gasteiger charge is -2.27. The monoisotopic (exact) mass is 248 g/mol. The van der Waals surface area contributed by atoms with Crippen LogP contribution in [-0.2, 0) is 4.79 Å². The maximum atomic E-state index is 11.2. The number of carbonyl (C=O) groups excluding carboxylic acids is 1. The number of hydrogen-bond acceptors (Lipinski definition) is 2. The fraction of sp³-hybridized carbons (Fsp3) is 0.917. The summed E-state index contributed by atoms with van der Waals surface area (Å²) in [5.41, 5.74) is 0. The van der Waals surface area contributed by atoms with Crippen LogP contribution in [0.1, 0.15) is 39.0 Å². The highest BCUT2D eigenvalue weighted by Gasteiger charge is 2.19. The number of amides is 1. The van der Waals surface area contributed by atoms with Crippen molar-refractivity contribution in [2.24, 2.45) is 11.8 Å². The van der Waals surface area contributed by atoms with E-state index in [4.69, 9.17) is 0 Å². The molecule has 0 aromatic rings. The molecule has 2 N–H and O–H groups in total. The number of hydrogen-bond donors (Lipinski definition) is 2. The average Bonchev–Trinajstić information content (AvgIpc) is 2.27. The summed E-state index contributed by atoms with van der Waals surface area (Å²) in [6, 6.07) is 0. The van der Waals surface area contributed by atoms with Crippen molar-refractivity contribution in [3.8, 4) is 0 Å². The maximum Gasteiger partial charge on any atom is 0.233 e. The van der Waals surface area contributed by atoms with Crippen molar-refractivity contribution in [3.63, 3.8) is 0 Å². The van der Waals surface area contributed by atoms with Gasteiger partial charge in [-0.2, -0.15) is 0 Å². The predicted molar refractivity (Wildman–Crippen MR) is 69.9 cm³/mol. The number of nitrogens with one attached hydrogen (secondary N) is 2. The fourth-order valence-electron chi connectivity index (χ4n) is 2.33. The Morgan fingerprint density at radius 2 is 1.75 bits per heavy atom. The van der Waals surface area contributed by atoms with E-state index in [1.54, 1.807) is 7.05 Å². The van der Waals surface area contributed by atoms with Gasteiger partial charge >= 0.3 is 0 Å². The van der Waals surface area contributed by atoms with E-state index in [2.05, 4.69) is 17.6 Å². The van der Waals surface area contributed by atoms with Crippen LogP contribution in [-0.4, -0.2) is 26.0 Å². The third kappa shape index (κ3) is 5.71. The topological polar surface area (TPSA) is 41.1 Å². The first-order chi connectivity index (χ1) is 7.26. The molecule has 4 heteroatoms. The Bertz CT molecular complexity index is 191. The molecule has 1 aliphatic rings. The molecule has 16 heavy (non-hydrogen) atoms. The highest BCUT2D eigenvalue weighted by molar-refractivity contribution is 5.85. The summed E-state index contributed by atoms with van der Waals surface area (Å²) in [4.78, 5) is 11.2. The van der Waals surface area contributed by atoms with Crippen molar-refractivity contribution < 1.29 is 4.79 Å². The van der Waals surface area contributed by atoms with Gasteiger partial charge in [-0.3, -0.25) is 4.79 Å². The molecule has 0 heterocycles. The zero-order valence-corrected chi connectivity index (χ0v) is 11.2. The van der Waals surface area contributed by atoms with Crippen molar-refractivity contribution in [2.75, 3.05) is 20.1 Å². The molecule has 0 aromatic heterocycles. The normalized spacial score (nSPS) is 24.6. The fourth-order valence-corrected chi connectivity index (χ4v) is 2.33. The Morgan fingerprint density at radius 1 is 1.19 bits per heavy atom. The van der Waals surface area contributed by atoms with Crippen molar-refractivity contribution >= 4 is 18.3 Å². The molecule has 0 spiro atoms. The minimum absolute atomic E-state index is 0. The molecule has 1 fully saturated rings. The number of carbonyl (C=O) groups is 1. The van der Waals surface area contributed by atoms with Crippen molar-refractivity contribution in [3.05, 3.63) is 0 Å². The summed E-state index contributed by atoms with van der Waals surface area (Å²) in [5, 5.41) is 5.84. The molecule has 0 atom stereocenters. The van der Waals surface area contributed by atoms with Crippen molar-refractivity contribution in [1.29, 1.82) is 0 Å². The second kappa shape index (κ2) is 8.82. The van der Waals surface area contributed by atoms with Crippen molar-refractivity contribution in [1.82, 2.24) is 10.6 Å². The van der Waals surface area contributed by atoms with Crippen LogP contribution in [0.4, 0.5) is 0 Å². The second-order valence-electron chi connectivity index (χ2n) is 4.63. The lowest BCUT2D eigenvalue weighted by atomic mass is 9.81. The lowest BCUT2D eigenvalue weighted by molar-refractivity contribution is -0.120. The molecular formula is C12H25ClN2O. The van der Waals surface area contributed by atoms with Crippen LogP contribution in [0.25, 0.3) is 0 Å². The summed E-state index contributed by atoms with van der Waals surface area (Å²) in [6.45, 7) is 3.58. The number of likely N-dealkylation sites (N-methyl/N-ethyl adjacent to an activating group) is 1. The van der Waals surface area contributed by atoms with Crippen LogP contribution >= 0.6 is 12.4 Å². The quantitative estimate of drug-likeness (QED) is 0.781. The zero-order valence-electron chi connectivity index (χ0n) is 10.4. The van der Waals surface area contributed by atoms with Crippen LogP contribution < -0.4 is 10.6 Å². The van der Waals surface area contributed by atoms with E-state index >= 15 is 0 Å². The smallest absolute Gasteiger partial charge is 0.233 e. The molecule has 0 saturated heterocycles. The third-order valence-electron chi connectivity index (χ3n) is 3.47. The number of halogens is 1. The van der Waals surface area contributed by atoms with Gasteiger partial charge in [-0.05, 0) is 31.7 Å². The summed E-state index contributed by atoms with van der Waals surface area (Å²) in [7, 11) is 1.80. The summed E-state index contributed by atoms with van der Waals surface area (Å²) < 4.78 is 0. The largest absolute Gasteiger partial charge is 0.355 e. The molecule has 1 amide bonds. The Morgan fingerprint density at radius 3 is 2.25 bits per heavy atom. The van der Waals surface area contributed by atoms with Crippen LogP contribution in [0, 0.1) is 11.8 Å². The van der Waals surface area contributed by atoms with Gasteiger partial charge in [-0.1, -0.05) is 26.2 Å². The van der Waals surface area contributed by atoms with E-state index < -0.39 is 0 Å². The first-order valence-corrected chi connectivity index (χ1v) is 6.17. The van der Waals surface area contributed by atoms with Gasteiger partial charge in [0.2, 0.25) is 5.91 Å². The van der Waals surface area contributed by atoms with E-state index in [0.717, 1.165) is 12.5 Å². The highest BCUT2D eigenvalue weighted by Crippen LogP contribution is 2.29. The van der Waals surface area contributed by atoms with Crippen LogP contribution in [0.3, 0.4) is 0 Å². The third-order valence-corrected chi connectivity index (χ3v) is 3.47. The molecule has 1 rings (SSSR count). The van der Waals surface area contributed by atoms with E-state index in [1.807, 2.05) is 0 Å². The van der Waals surface area contributed by atoms with Gasteiger partial charge in [-0.25, -0.2) is 0 Å². The van der Waals surface area contributed by atoms with E-state index in [1.165, 1.54) is 32.1 Å². The molecule has 3 nitrogen and oxygen atoms in total. The molecule has 0 aliphatic heterocycles. The SMILES string of the molecule is CCC1CCC(CNC(=O)CNC)CC1.Cl. The summed E-state index contributed by atoms with van der Waals surface area (Å²) in [6.07, 6.45) is 6.60. The molecule has 1 saturated carbocycles. The van der Waals surface area contributed by atoms with Gasteiger partial charge in [0.05, 0.1) is 6.54 Å².